The molecule has 2 aromatic rings. The highest BCUT2D eigenvalue weighted by Gasteiger charge is 2.50. The number of hydrogen-bond acceptors (Lipinski definition) is 17. The number of allylic oxidation sites excluding steroid dienone is 2. The number of aromatic hydroxyl groups is 3. The minimum absolute atomic E-state index is 0.0559. The molecule has 0 aliphatic carbocycles. The summed E-state index contributed by atoms with van der Waals surface area (Å²) in [6, 6.07) is 0. The summed E-state index contributed by atoms with van der Waals surface area (Å²) in [6.45, 7) is 15.1. The number of amides is 1. The van der Waals surface area contributed by atoms with Gasteiger partial charge in [-0.05, 0) is 27.0 Å². The van der Waals surface area contributed by atoms with E-state index in [1.165, 1.54) is 59.4 Å². The minimum atomic E-state index is -4.67. The molecular formula is C43H60N4O16S. The number of anilines is 1. The number of ether oxygens (including phenoxy) is 4. The second kappa shape index (κ2) is 20.7. The molecule has 1 fully saturated rings. The number of nitrogens with one attached hydrogen (secondary N) is 1. The number of piperazine rings is 1. The van der Waals surface area contributed by atoms with Crippen LogP contribution in [0.5, 0.6) is 23.0 Å². The lowest BCUT2D eigenvalue weighted by Gasteiger charge is -2.38. The monoisotopic (exact) mass is 920 g/mol. The zero-order valence-electron chi connectivity index (χ0n) is 37.5. The highest BCUT2D eigenvalue weighted by molar-refractivity contribution is 7.79. The molecule has 0 saturated carbocycles. The Morgan fingerprint density at radius 2 is 1.55 bits per heavy atom. The fraction of sp³-hybridized carbons (Fsp3) is 0.535. The topological polar surface area (TPSA) is 295 Å². The Morgan fingerprint density at radius 1 is 0.938 bits per heavy atom. The van der Waals surface area contributed by atoms with Crippen molar-refractivity contribution in [2.75, 3.05) is 45.7 Å². The summed E-state index contributed by atoms with van der Waals surface area (Å²) < 4.78 is 55.2. The van der Waals surface area contributed by atoms with Crippen molar-refractivity contribution >= 4 is 50.7 Å². The average molecular weight is 921 g/mol. The number of phenols is 3. The van der Waals surface area contributed by atoms with Crippen LogP contribution in [0.15, 0.2) is 41.2 Å². The van der Waals surface area contributed by atoms with Gasteiger partial charge in [0.05, 0.1) is 53.0 Å². The number of carbonyl (C=O) groups excluding carboxylic acids is 3. The third kappa shape index (κ3) is 11.5. The van der Waals surface area contributed by atoms with Crippen molar-refractivity contribution in [2.45, 2.75) is 85.6 Å². The lowest BCUT2D eigenvalue weighted by Crippen LogP contribution is -2.46. The highest BCUT2D eigenvalue weighted by atomic mass is 32.3. The number of carbonyl (C=O) groups is 3. The molecule has 0 aromatic heterocycles. The first-order valence-corrected chi connectivity index (χ1v) is 21.9. The molecule has 0 radical (unpaired) electrons. The fourth-order valence-corrected chi connectivity index (χ4v) is 7.92. The van der Waals surface area contributed by atoms with Crippen LogP contribution >= 0.6 is 0 Å². The smallest absolute Gasteiger partial charge is 0.394 e. The number of rotatable bonds is 4. The standard InChI is InChI=1S/C43H58N4O12.H2O4S/c1-21-12-11-13-22(2)42(55)45-33-28(20-44-47-17-15-46(9)16-18-47)37(52)30-31(38(33)53)36(51)26(6)40-32(30)41(54)43(8,59-40)57-19-14-29(56-10)23(3)39(58-27(7)48)25(5)35(50)24(4)34(21)49;1-5(2,3)4/h11-14,19-21,23-25,29,34-35,39,49-53H,15-18H2,1-10H3,(H,45,55);(H2,1,2,3,4)/t21-,23+,24+,25+,29-,34-,35+,39+,43-;/m0./s1. The van der Waals surface area contributed by atoms with Gasteiger partial charge in [0.25, 0.3) is 11.7 Å². The van der Waals surface area contributed by atoms with Crippen LogP contribution in [-0.4, -0.2) is 147 Å². The molecule has 5 bridgehead atoms. The van der Waals surface area contributed by atoms with E-state index < -0.39 is 99.2 Å². The molecule has 20 nitrogen and oxygen atoms in total. The van der Waals surface area contributed by atoms with Crippen molar-refractivity contribution in [3.63, 3.8) is 0 Å². The summed E-state index contributed by atoms with van der Waals surface area (Å²) in [5, 5.41) is 66.8. The number of esters is 1. The van der Waals surface area contributed by atoms with Crippen LogP contribution in [0.2, 0.25) is 0 Å². The van der Waals surface area contributed by atoms with Crippen LogP contribution in [0, 0.1) is 30.6 Å². The average Bonchev–Trinajstić information content (AvgIpc) is 3.48. The van der Waals surface area contributed by atoms with Crippen LogP contribution in [-0.2, 0) is 34.2 Å². The number of hydrogen-bond donors (Lipinski definition) is 8. The van der Waals surface area contributed by atoms with Gasteiger partial charge in [0.15, 0.2) is 5.75 Å². The molecule has 8 N–H and O–H groups in total. The van der Waals surface area contributed by atoms with E-state index in [0.29, 0.717) is 13.1 Å². The molecule has 0 spiro atoms. The van der Waals surface area contributed by atoms with E-state index in [2.05, 4.69) is 15.3 Å². The maximum atomic E-state index is 14.4. The summed E-state index contributed by atoms with van der Waals surface area (Å²) in [4.78, 5) is 42.6. The zero-order valence-corrected chi connectivity index (χ0v) is 38.3. The summed E-state index contributed by atoms with van der Waals surface area (Å²) in [5.41, 5.74) is -0.350. The second-order valence-corrected chi connectivity index (χ2v) is 17.5. The van der Waals surface area contributed by atoms with Crippen LogP contribution in [0.25, 0.3) is 10.8 Å². The summed E-state index contributed by atoms with van der Waals surface area (Å²) in [6.07, 6.45) is 4.86. The first kappa shape index (κ1) is 51.3. The maximum Gasteiger partial charge on any atom is 0.394 e. The van der Waals surface area contributed by atoms with E-state index in [4.69, 9.17) is 36.5 Å². The summed E-state index contributed by atoms with van der Waals surface area (Å²) >= 11 is 0. The lowest BCUT2D eigenvalue weighted by molar-refractivity contribution is -0.160. The Bertz CT molecular complexity index is 2320. The number of methoxy groups -OCH3 is 1. The molecule has 4 aliphatic rings. The van der Waals surface area contributed by atoms with Crippen LogP contribution < -0.4 is 10.1 Å². The van der Waals surface area contributed by atoms with Crippen molar-refractivity contribution < 1.29 is 76.4 Å². The van der Waals surface area contributed by atoms with E-state index >= 15 is 0 Å². The van der Waals surface area contributed by atoms with E-state index in [-0.39, 0.29) is 44.5 Å². The second-order valence-electron chi connectivity index (χ2n) is 16.6. The molecule has 1 amide bonds. The number of hydrazone groups is 1. The maximum absolute atomic E-state index is 14.4. The van der Waals surface area contributed by atoms with Crippen molar-refractivity contribution in [3.8, 4) is 23.0 Å². The predicted octanol–water partition coefficient (Wildman–Crippen LogP) is 3.68. The van der Waals surface area contributed by atoms with Gasteiger partial charge in [0.1, 0.15) is 23.4 Å². The van der Waals surface area contributed by atoms with E-state index in [1.54, 1.807) is 44.9 Å². The molecule has 9 atom stereocenters. The van der Waals surface area contributed by atoms with Gasteiger partial charge in [-0.15, -0.1) is 0 Å². The van der Waals surface area contributed by atoms with E-state index in [0.717, 1.165) is 13.1 Å². The van der Waals surface area contributed by atoms with Gasteiger partial charge in [0.2, 0.25) is 0 Å². The van der Waals surface area contributed by atoms with Crippen LogP contribution in [0.3, 0.4) is 0 Å². The minimum Gasteiger partial charge on any atom is -0.507 e. The molecule has 4 aliphatic heterocycles. The molecule has 6 rings (SSSR count). The quantitative estimate of drug-likeness (QED) is 0.0713. The largest absolute Gasteiger partial charge is 0.507 e. The molecule has 2 aromatic carbocycles. The predicted molar refractivity (Wildman–Crippen MR) is 235 cm³/mol. The number of likely N-dealkylation sites (N-methyl/N-ethyl adjacent to an activating group) is 1. The SMILES string of the molecule is CO[C@H]1C=CO[C@@]2(C)Oc3c(C)c(O)c4c(O)c(c(C=NN5CCN(C)CC5)c(O)c4c3C2=O)NC(=O)C(C)=CC=C[C@H](C)[C@H](O)[C@@H](C)[C@@H](O)[C@@H](C)[C@H](OC(C)=O)[C@@H]1C.O=S(=O)(O)O. The van der Waals surface area contributed by atoms with Crippen molar-refractivity contribution in [2.24, 2.45) is 28.8 Å². The Kier molecular flexibility index (Phi) is 16.6. The van der Waals surface area contributed by atoms with E-state index in [9.17, 15) is 39.9 Å². The van der Waals surface area contributed by atoms with Gasteiger partial charge in [-0.25, -0.2) is 0 Å². The number of benzene rings is 2. The van der Waals surface area contributed by atoms with Crippen molar-refractivity contribution in [1.29, 1.82) is 0 Å². The number of aliphatic hydroxyl groups is 2. The number of nitrogens with zero attached hydrogens (tertiary/aromatic N) is 3. The first-order chi connectivity index (χ1) is 29.7. The molecule has 4 heterocycles. The third-order valence-electron chi connectivity index (χ3n) is 11.9. The first-order valence-electron chi connectivity index (χ1n) is 20.5. The normalized spacial score (nSPS) is 28.7. The van der Waals surface area contributed by atoms with Crippen molar-refractivity contribution in [1.82, 2.24) is 9.91 Å². The fourth-order valence-electron chi connectivity index (χ4n) is 7.92. The summed E-state index contributed by atoms with van der Waals surface area (Å²) in [7, 11) is -1.25. The van der Waals surface area contributed by atoms with Crippen molar-refractivity contribution in [3.05, 3.63) is 52.8 Å². The Morgan fingerprint density at radius 3 is 2.12 bits per heavy atom. The van der Waals surface area contributed by atoms with Gasteiger partial charge >= 0.3 is 22.2 Å². The van der Waals surface area contributed by atoms with Gasteiger partial charge in [0, 0.05) is 87.3 Å². The number of Topliss-reactive ketones (excluding diaryl/α,β-unsaturated/α-hetero) is 1. The number of fused-ring (bicyclic) bond motifs is 14. The number of aliphatic hydroxyl groups excluding tert-OH is 2. The molecule has 64 heavy (non-hydrogen) atoms. The van der Waals surface area contributed by atoms with Gasteiger partial charge in [-0.3, -0.25) is 28.5 Å². The molecule has 354 valence electrons. The zero-order chi connectivity index (χ0) is 48.2. The van der Waals surface area contributed by atoms with Gasteiger partial charge < -0.3 is 54.7 Å². The highest BCUT2D eigenvalue weighted by Crippen LogP contribution is 2.55. The Balaban J connectivity index is 0.00000170. The molecule has 21 heteroatoms. The third-order valence-corrected chi connectivity index (χ3v) is 11.9. The van der Waals surface area contributed by atoms with Gasteiger partial charge in [-0.1, -0.05) is 45.9 Å². The molecule has 0 unspecified atom stereocenters. The van der Waals surface area contributed by atoms with Crippen LogP contribution in [0.1, 0.15) is 70.0 Å². The lowest BCUT2D eigenvalue weighted by atomic mass is 9.78. The molecular weight excluding hydrogens is 861 g/mol. The number of phenolic OH excluding ortho intramolecular Hbond substituents is 3. The Hall–Kier alpha value is -5.29. The van der Waals surface area contributed by atoms with E-state index in [1.807, 2.05) is 7.05 Å². The van der Waals surface area contributed by atoms with Crippen LogP contribution in [0.4, 0.5) is 5.69 Å². The number of ketones is 1. The van der Waals surface area contributed by atoms with Gasteiger partial charge in [-0.2, -0.15) is 13.5 Å². The Labute approximate surface area is 372 Å². The summed E-state index contributed by atoms with van der Waals surface area (Å²) in [5.74, 6) is -8.34. The molecule has 1 saturated heterocycles.